The van der Waals surface area contributed by atoms with E-state index in [2.05, 4.69) is 34.3 Å². The van der Waals surface area contributed by atoms with Crippen molar-refractivity contribution in [3.63, 3.8) is 0 Å². The smallest absolute Gasteiger partial charge is 0.228 e. The minimum absolute atomic E-state index is 0.0201. The Kier molecular flexibility index (Phi) is 4.52. The molecule has 8 heteroatoms. The predicted molar refractivity (Wildman–Crippen MR) is 102 cm³/mol. The minimum Gasteiger partial charge on any atom is -0.302 e. The summed E-state index contributed by atoms with van der Waals surface area (Å²) in [5.41, 5.74) is 4.15. The van der Waals surface area contributed by atoms with E-state index in [1.807, 2.05) is 22.5 Å². The van der Waals surface area contributed by atoms with E-state index >= 15 is 0 Å². The van der Waals surface area contributed by atoms with E-state index in [0.29, 0.717) is 18.9 Å². The van der Waals surface area contributed by atoms with Gasteiger partial charge in [0.1, 0.15) is 11.0 Å². The summed E-state index contributed by atoms with van der Waals surface area (Å²) in [6, 6.07) is 0. The molecular weight excluding hydrogens is 348 g/mol. The number of fused-ring (bicyclic) bond motifs is 2. The molecule has 7 nitrogen and oxygen atoms in total. The van der Waals surface area contributed by atoms with Gasteiger partial charge >= 0.3 is 0 Å². The highest BCUT2D eigenvalue weighted by atomic mass is 32.1. The van der Waals surface area contributed by atoms with Crippen molar-refractivity contribution >= 4 is 33.4 Å². The van der Waals surface area contributed by atoms with Crippen molar-refractivity contribution in [2.75, 3.05) is 5.32 Å². The molecule has 0 bridgehead atoms. The lowest BCUT2D eigenvalue weighted by Gasteiger charge is -2.15. The molecule has 138 valence electrons. The van der Waals surface area contributed by atoms with Crippen molar-refractivity contribution in [2.45, 2.75) is 59.5 Å². The van der Waals surface area contributed by atoms with Crippen LogP contribution >= 0.6 is 11.3 Å². The summed E-state index contributed by atoms with van der Waals surface area (Å²) in [4.78, 5) is 18.3. The predicted octanol–water partition coefficient (Wildman–Crippen LogP) is 3.17. The van der Waals surface area contributed by atoms with Gasteiger partial charge in [0.2, 0.25) is 5.91 Å². The second kappa shape index (κ2) is 6.83. The number of carbonyl (C=O) groups excluding carboxylic acids is 1. The molecule has 0 aromatic carbocycles. The molecule has 1 unspecified atom stereocenters. The zero-order valence-corrected chi connectivity index (χ0v) is 16.3. The highest BCUT2D eigenvalue weighted by Crippen LogP contribution is 2.32. The second-order valence-electron chi connectivity index (χ2n) is 7.04. The first-order valence-electron chi connectivity index (χ1n) is 9.22. The van der Waals surface area contributed by atoms with Crippen LogP contribution in [0.3, 0.4) is 0 Å². The molecule has 0 radical (unpaired) electrons. The lowest BCUT2D eigenvalue weighted by atomic mass is 9.93. The quantitative estimate of drug-likeness (QED) is 0.746. The van der Waals surface area contributed by atoms with Gasteiger partial charge in [-0.3, -0.25) is 14.2 Å². The standard InChI is InChI=1S/C18H24N6OS/c1-4-23-14-10-19-24(17(14)12(3)22-23)8-7-16(25)21-18-20-13-6-5-11(2)9-15(13)26-18/h10-11H,4-9H2,1-3H3,(H,20,21,25). The van der Waals surface area contributed by atoms with Crippen molar-refractivity contribution in [2.24, 2.45) is 5.92 Å². The van der Waals surface area contributed by atoms with Gasteiger partial charge in [0, 0.05) is 17.8 Å². The third-order valence-electron chi connectivity index (χ3n) is 4.99. The van der Waals surface area contributed by atoms with E-state index in [1.165, 1.54) is 17.0 Å². The first-order valence-corrected chi connectivity index (χ1v) is 10.0. The van der Waals surface area contributed by atoms with Crippen LogP contribution in [-0.4, -0.2) is 30.5 Å². The van der Waals surface area contributed by atoms with Gasteiger partial charge in [-0.05, 0) is 39.0 Å². The average Bonchev–Trinajstić information content (AvgIpc) is 3.27. The normalized spacial score (nSPS) is 16.8. The average molecular weight is 372 g/mol. The van der Waals surface area contributed by atoms with Crippen LogP contribution in [0.1, 0.15) is 43.0 Å². The number of nitrogens with one attached hydrogen (secondary N) is 1. The van der Waals surface area contributed by atoms with Crippen LogP contribution < -0.4 is 5.32 Å². The van der Waals surface area contributed by atoms with E-state index in [0.717, 1.165) is 41.2 Å². The number of aryl methyl sites for hydroxylation is 4. The van der Waals surface area contributed by atoms with Gasteiger partial charge in [-0.2, -0.15) is 10.2 Å². The monoisotopic (exact) mass is 372 g/mol. The number of nitrogens with zero attached hydrogens (tertiary/aromatic N) is 5. The summed E-state index contributed by atoms with van der Waals surface area (Å²) < 4.78 is 3.81. The molecule has 1 amide bonds. The van der Waals surface area contributed by atoms with Crippen LogP contribution in [0.4, 0.5) is 5.13 Å². The number of aromatic nitrogens is 5. The zero-order chi connectivity index (χ0) is 18.3. The number of anilines is 1. The maximum atomic E-state index is 12.4. The van der Waals surface area contributed by atoms with Crippen molar-refractivity contribution in [3.05, 3.63) is 22.5 Å². The Hall–Kier alpha value is -2.22. The van der Waals surface area contributed by atoms with E-state index in [1.54, 1.807) is 11.3 Å². The Morgan fingerprint density at radius 1 is 1.42 bits per heavy atom. The molecule has 0 saturated carbocycles. The number of hydrogen-bond donors (Lipinski definition) is 1. The molecule has 0 spiro atoms. The van der Waals surface area contributed by atoms with Crippen LogP contribution in [0.5, 0.6) is 0 Å². The van der Waals surface area contributed by atoms with Crippen molar-refractivity contribution in [1.29, 1.82) is 0 Å². The largest absolute Gasteiger partial charge is 0.302 e. The number of thiazole rings is 1. The summed E-state index contributed by atoms with van der Waals surface area (Å²) in [5, 5.41) is 12.6. The molecule has 1 aliphatic carbocycles. The van der Waals surface area contributed by atoms with Gasteiger partial charge in [0.15, 0.2) is 5.13 Å². The number of amides is 1. The third kappa shape index (κ3) is 3.13. The van der Waals surface area contributed by atoms with E-state index < -0.39 is 0 Å². The first kappa shape index (κ1) is 17.2. The molecule has 0 saturated heterocycles. The van der Waals surface area contributed by atoms with E-state index in [-0.39, 0.29) is 5.91 Å². The molecule has 3 aromatic heterocycles. The summed E-state index contributed by atoms with van der Waals surface area (Å²) in [7, 11) is 0. The fourth-order valence-corrected chi connectivity index (χ4v) is 4.80. The first-order chi connectivity index (χ1) is 12.5. The minimum atomic E-state index is -0.0201. The third-order valence-corrected chi connectivity index (χ3v) is 6.03. The molecule has 26 heavy (non-hydrogen) atoms. The van der Waals surface area contributed by atoms with Crippen LogP contribution in [0.2, 0.25) is 0 Å². The van der Waals surface area contributed by atoms with Gasteiger partial charge < -0.3 is 5.32 Å². The lowest BCUT2D eigenvalue weighted by molar-refractivity contribution is -0.116. The van der Waals surface area contributed by atoms with Crippen molar-refractivity contribution < 1.29 is 4.79 Å². The van der Waals surface area contributed by atoms with Crippen LogP contribution in [0.15, 0.2) is 6.20 Å². The molecule has 4 rings (SSSR count). The van der Waals surface area contributed by atoms with Crippen LogP contribution in [0.25, 0.3) is 11.0 Å². The number of carbonyl (C=O) groups is 1. The second-order valence-corrected chi connectivity index (χ2v) is 8.12. The highest BCUT2D eigenvalue weighted by Gasteiger charge is 2.20. The molecule has 3 heterocycles. The molecule has 3 aromatic rings. The molecule has 1 aliphatic rings. The molecule has 0 fully saturated rings. The number of rotatable bonds is 5. The Labute approximate surface area is 156 Å². The van der Waals surface area contributed by atoms with Crippen molar-refractivity contribution in [1.82, 2.24) is 24.5 Å². The Balaban J connectivity index is 1.41. The SMILES string of the molecule is CCn1nc(C)c2c1cnn2CCC(=O)Nc1nc2c(s1)CC(C)CC2. The Bertz CT molecular complexity index is 953. The topological polar surface area (TPSA) is 77.6 Å². The fraction of sp³-hybridized carbons (Fsp3) is 0.556. The Morgan fingerprint density at radius 2 is 2.27 bits per heavy atom. The van der Waals surface area contributed by atoms with Crippen molar-refractivity contribution in [3.8, 4) is 0 Å². The van der Waals surface area contributed by atoms with E-state index in [4.69, 9.17) is 0 Å². The highest BCUT2D eigenvalue weighted by molar-refractivity contribution is 7.15. The maximum absolute atomic E-state index is 12.4. The van der Waals surface area contributed by atoms with Gasteiger partial charge in [0.25, 0.3) is 0 Å². The Morgan fingerprint density at radius 3 is 3.08 bits per heavy atom. The van der Waals surface area contributed by atoms with Gasteiger partial charge in [-0.1, -0.05) is 6.92 Å². The number of hydrogen-bond acceptors (Lipinski definition) is 5. The van der Waals surface area contributed by atoms with Gasteiger partial charge in [-0.25, -0.2) is 4.98 Å². The van der Waals surface area contributed by atoms with Gasteiger partial charge in [-0.15, -0.1) is 11.3 Å². The maximum Gasteiger partial charge on any atom is 0.228 e. The summed E-state index contributed by atoms with van der Waals surface area (Å²) >= 11 is 1.62. The van der Waals surface area contributed by atoms with Crippen LogP contribution in [-0.2, 0) is 30.7 Å². The molecular formula is C18H24N6OS. The van der Waals surface area contributed by atoms with Gasteiger partial charge in [0.05, 0.1) is 24.1 Å². The van der Waals surface area contributed by atoms with Crippen LogP contribution in [0, 0.1) is 12.8 Å². The molecule has 1 atom stereocenters. The van der Waals surface area contributed by atoms with E-state index in [9.17, 15) is 4.79 Å². The fourth-order valence-electron chi connectivity index (χ4n) is 3.61. The molecule has 0 aliphatic heterocycles. The molecule has 1 N–H and O–H groups in total. The zero-order valence-electron chi connectivity index (χ0n) is 15.4. The summed E-state index contributed by atoms with van der Waals surface area (Å²) in [6.07, 6.45) is 5.48. The lowest BCUT2D eigenvalue weighted by Crippen LogP contribution is -2.15. The summed E-state index contributed by atoms with van der Waals surface area (Å²) in [5.74, 6) is 0.689. The summed E-state index contributed by atoms with van der Waals surface area (Å²) in [6.45, 7) is 7.66.